The maximum atomic E-state index is 6.37. The van der Waals surface area contributed by atoms with Crippen LogP contribution in [0.4, 0.5) is 0 Å². The van der Waals surface area contributed by atoms with Crippen molar-refractivity contribution in [2.75, 3.05) is 19.8 Å². The molecule has 0 aromatic rings. The molecule has 2 rings (SSSR count). The van der Waals surface area contributed by atoms with Gasteiger partial charge in [0.15, 0.2) is 0 Å². The molecule has 0 saturated heterocycles. The van der Waals surface area contributed by atoms with Crippen molar-refractivity contribution >= 4 is 50.0 Å². The molecule has 2 fully saturated rings. The zero-order chi connectivity index (χ0) is 32.3. The van der Waals surface area contributed by atoms with Crippen molar-refractivity contribution in [1.82, 2.24) is 0 Å². The van der Waals surface area contributed by atoms with Gasteiger partial charge in [-0.3, -0.25) is 0 Å². The molecule has 3 nitrogen and oxygen atoms in total. The summed E-state index contributed by atoms with van der Waals surface area (Å²) in [5.74, 6) is 0.808. The van der Waals surface area contributed by atoms with Gasteiger partial charge in [0.25, 0.3) is 0 Å². The van der Waals surface area contributed by atoms with Gasteiger partial charge in [-0.1, -0.05) is 156 Å². The first-order valence-electron chi connectivity index (χ1n) is 19.1. The van der Waals surface area contributed by atoms with Crippen molar-refractivity contribution in [3.05, 3.63) is 23.6 Å². The summed E-state index contributed by atoms with van der Waals surface area (Å²) in [5.41, 5.74) is 0.421. The number of unbranched alkanes of at least 4 members (excludes halogenated alkanes) is 18. The van der Waals surface area contributed by atoms with Crippen LogP contribution in [-0.2, 0) is 13.3 Å². The quantitative estimate of drug-likeness (QED) is 0.0296. The van der Waals surface area contributed by atoms with E-state index >= 15 is 0 Å². The van der Waals surface area contributed by atoms with Gasteiger partial charge in [0.2, 0.25) is 0 Å². The molecule has 0 heterocycles. The standard InChI is InChI=1S/C37H70O3S4Si/c1-5-9-10-11-12-13-14-15-16-17-18-19-20-21-22-23-24-25-26-27-28-29-32-41-43-44-42-37-31-30-35(34-37)33-36(37)45(38-6-2,39-7-3)40-8-4/h27-29,32,35-36H,5-26,30-31,33-34H2,1-4H3. The van der Waals surface area contributed by atoms with E-state index in [0.29, 0.717) is 25.4 Å². The maximum absolute atomic E-state index is 6.37. The number of rotatable bonds is 32. The van der Waals surface area contributed by atoms with Crippen LogP contribution in [0.15, 0.2) is 23.6 Å². The highest BCUT2D eigenvalue weighted by atomic mass is 33.7. The summed E-state index contributed by atoms with van der Waals surface area (Å²) < 4.78 is 19.4. The van der Waals surface area contributed by atoms with Crippen LogP contribution in [0.3, 0.4) is 0 Å². The van der Waals surface area contributed by atoms with Crippen LogP contribution < -0.4 is 0 Å². The first-order valence-corrected chi connectivity index (χ1v) is 25.8. The van der Waals surface area contributed by atoms with Crippen LogP contribution in [-0.4, -0.2) is 33.4 Å². The zero-order valence-electron chi connectivity index (χ0n) is 29.7. The van der Waals surface area contributed by atoms with Crippen molar-refractivity contribution in [3.63, 3.8) is 0 Å². The molecule has 0 spiro atoms. The zero-order valence-corrected chi connectivity index (χ0v) is 34.0. The average Bonchev–Trinajstić information content (AvgIpc) is 3.62. The third kappa shape index (κ3) is 17.5. The van der Waals surface area contributed by atoms with Crippen molar-refractivity contribution in [3.8, 4) is 0 Å². The second-order valence-corrected chi connectivity index (χ2v) is 22.1. The van der Waals surface area contributed by atoms with Gasteiger partial charge in [0.05, 0.1) is 0 Å². The van der Waals surface area contributed by atoms with Gasteiger partial charge < -0.3 is 13.3 Å². The molecule has 0 aromatic carbocycles. The van der Waals surface area contributed by atoms with E-state index in [1.807, 2.05) is 30.4 Å². The smallest absolute Gasteiger partial charge is 0.374 e. The maximum Gasteiger partial charge on any atom is 0.505 e. The topological polar surface area (TPSA) is 27.7 Å². The van der Waals surface area contributed by atoms with Crippen molar-refractivity contribution in [1.29, 1.82) is 0 Å². The SMILES string of the molecule is CCCCCCCCCCCCCCCCCCCCC=CC=CSSSSC12CCC(CC1[Si](OCC)(OCC)OCC)C2. The third-order valence-corrected chi connectivity index (χ3v) is 20.3. The second-order valence-electron chi connectivity index (χ2n) is 13.2. The van der Waals surface area contributed by atoms with Crippen LogP contribution in [0.25, 0.3) is 0 Å². The normalized spacial score (nSPS) is 21.7. The summed E-state index contributed by atoms with van der Waals surface area (Å²) in [6, 6.07) is 0. The molecule has 3 atom stereocenters. The molecule has 2 aliphatic rings. The fourth-order valence-corrected chi connectivity index (χ4v) is 18.4. The molecule has 3 unspecified atom stereocenters. The van der Waals surface area contributed by atoms with Gasteiger partial charge in [-0.25, -0.2) is 0 Å². The molecule has 0 radical (unpaired) electrons. The molecule has 264 valence electrons. The molecular weight excluding hydrogens is 649 g/mol. The fraction of sp³-hybridized carbons (Fsp3) is 0.892. The highest BCUT2D eigenvalue weighted by Gasteiger charge is 2.65. The van der Waals surface area contributed by atoms with E-state index in [9.17, 15) is 0 Å². The highest BCUT2D eigenvalue weighted by molar-refractivity contribution is 9.26. The van der Waals surface area contributed by atoms with Crippen LogP contribution in [0.5, 0.6) is 0 Å². The first kappa shape index (κ1) is 42.1. The van der Waals surface area contributed by atoms with Crippen LogP contribution in [0, 0.1) is 5.92 Å². The summed E-state index contributed by atoms with van der Waals surface area (Å²) in [6.07, 6.45) is 39.0. The van der Waals surface area contributed by atoms with Crippen LogP contribution in [0.1, 0.15) is 175 Å². The summed E-state index contributed by atoms with van der Waals surface area (Å²) in [6.45, 7) is 10.6. The molecule has 2 bridgehead atoms. The van der Waals surface area contributed by atoms with Gasteiger partial charge in [0.1, 0.15) is 0 Å². The van der Waals surface area contributed by atoms with E-state index in [2.05, 4.69) is 62.1 Å². The van der Waals surface area contributed by atoms with E-state index < -0.39 is 8.80 Å². The number of allylic oxidation sites excluding steroid dienone is 3. The second kappa shape index (κ2) is 27.8. The monoisotopic (exact) mass is 718 g/mol. The Labute approximate surface area is 296 Å². The number of hydrogen-bond donors (Lipinski definition) is 0. The van der Waals surface area contributed by atoms with Gasteiger partial charge >= 0.3 is 8.80 Å². The fourth-order valence-electron chi connectivity index (χ4n) is 7.37. The van der Waals surface area contributed by atoms with E-state index in [-0.39, 0.29) is 4.75 Å². The highest BCUT2D eigenvalue weighted by Crippen LogP contribution is 2.68. The molecule has 45 heavy (non-hydrogen) atoms. The Morgan fingerprint density at radius 3 is 1.64 bits per heavy atom. The van der Waals surface area contributed by atoms with Gasteiger partial charge in [-0.15, -0.1) is 0 Å². The Morgan fingerprint density at radius 1 is 0.644 bits per heavy atom. The van der Waals surface area contributed by atoms with Crippen molar-refractivity contribution < 1.29 is 13.3 Å². The first-order chi connectivity index (χ1) is 22.2. The molecule has 0 aliphatic heterocycles. The van der Waals surface area contributed by atoms with Crippen molar-refractivity contribution in [2.45, 2.75) is 186 Å². The Morgan fingerprint density at radius 2 is 1.16 bits per heavy atom. The van der Waals surface area contributed by atoms with Crippen molar-refractivity contribution in [2.24, 2.45) is 5.92 Å². The summed E-state index contributed by atoms with van der Waals surface area (Å²) in [5, 5.41) is 2.23. The summed E-state index contributed by atoms with van der Waals surface area (Å²) in [4.78, 5) is 0. The van der Waals surface area contributed by atoms with E-state index in [4.69, 9.17) is 13.3 Å². The molecule has 2 saturated carbocycles. The van der Waals surface area contributed by atoms with E-state index in [0.717, 1.165) is 5.92 Å². The molecule has 2 aliphatic carbocycles. The van der Waals surface area contributed by atoms with Crippen LogP contribution in [0.2, 0.25) is 5.54 Å². The lowest BCUT2D eigenvalue weighted by molar-refractivity contribution is 0.0561. The molecule has 0 amide bonds. The number of hydrogen-bond acceptors (Lipinski definition) is 7. The minimum absolute atomic E-state index is 0.241. The lowest BCUT2D eigenvalue weighted by Crippen LogP contribution is -2.55. The van der Waals surface area contributed by atoms with Gasteiger partial charge in [-0.2, -0.15) is 0 Å². The Bertz CT molecular complexity index is 738. The molecular formula is C37H70O3S4Si. The van der Waals surface area contributed by atoms with E-state index in [1.54, 1.807) is 0 Å². The van der Waals surface area contributed by atoms with Crippen LogP contribution >= 0.6 is 41.2 Å². The Hall–Kier alpha value is 0.977. The predicted octanol–water partition coefficient (Wildman–Crippen LogP) is 14.5. The molecule has 0 aromatic heterocycles. The Balaban J connectivity index is 1.42. The average molecular weight is 719 g/mol. The molecule has 8 heteroatoms. The lowest BCUT2D eigenvalue weighted by Gasteiger charge is -2.42. The lowest BCUT2D eigenvalue weighted by atomic mass is 9.99. The van der Waals surface area contributed by atoms with E-state index in [1.165, 1.54) is 148 Å². The predicted molar refractivity (Wildman–Crippen MR) is 211 cm³/mol. The third-order valence-electron chi connectivity index (χ3n) is 9.65. The summed E-state index contributed by atoms with van der Waals surface area (Å²) >= 11 is 0. The number of fused-ring (bicyclic) bond motifs is 2. The summed E-state index contributed by atoms with van der Waals surface area (Å²) in [7, 11) is 5.06. The van der Waals surface area contributed by atoms with Gasteiger partial charge in [0, 0.05) is 30.1 Å². The minimum Gasteiger partial charge on any atom is -0.374 e. The van der Waals surface area contributed by atoms with Gasteiger partial charge in [-0.05, 0) is 90.3 Å². The molecule has 0 N–H and O–H groups in total. The Kier molecular flexibility index (Phi) is 26.0. The largest absolute Gasteiger partial charge is 0.505 e. The minimum atomic E-state index is -2.68.